The predicted molar refractivity (Wildman–Crippen MR) is 218 cm³/mol. The smallest absolute Gasteiger partial charge is 0.0745 e. The lowest BCUT2D eigenvalue weighted by Crippen LogP contribution is -2.36. The third-order valence-corrected chi connectivity index (χ3v) is 13.2. The summed E-state index contributed by atoms with van der Waals surface area (Å²) in [5.41, 5.74) is 13.5. The molecule has 0 saturated carbocycles. The molecule has 2 aliphatic rings. The number of para-hydroxylation sites is 2. The SMILES string of the molecule is c1ccc(-c2ccc3c(c2)C2(c4ccccc4Sc4ccccc42)c2ccc(-c4ccc5c(c4)c4ccccc4n5-c4ccccc4)cc2S3)cc1. The van der Waals surface area contributed by atoms with Crippen molar-refractivity contribution in [3.8, 4) is 27.9 Å². The van der Waals surface area contributed by atoms with Gasteiger partial charge in [0.15, 0.2) is 0 Å². The molecule has 1 aromatic heterocycles. The van der Waals surface area contributed by atoms with Crippen LogP contribution in [0.3, 0.4) is 0 Å². The van der Waals surface area contributed by atoms with Crippen molar-refractivity contribution in [1.82, 2.24) is 4.57 Å². The number of aromatic nitrogens is 1. The van der Waals surface area contributed by atoms with Crippen molar-refractivity contribution in [2.24, 2.45) is 0 Å². The fourth-order valence-corrected chi connectivity index (χ4v) is 11.1. The number of nitrogens with zero attached hydrogens (tertiary/aromatic N) is 1. The lowest BCUT2D eigenvalue weighted by atomic mass is 9.64. The second kappa shape index (κ2) is 11.6. The molecular weight excluding hydrogens is 667 g/mol. The first-order valence-electron chi connectivity index (χ1n) is 17.8. The zero-order valence-corrected chi connectivity index (χ0v) is 29.8. The van der Waals surface area contributed by atoms with Gasteiger partial charge < -0.3 is 4.57 Å². The minimum Gasteiger partial charge on any atom is -0.309 e. The van der Waals surface area contributed by atoms with Gasteiger partial charge in [-0.05, 0) is 105 Å². The molecule has 0 N–H and O–H groups in total. The Morgan fingerprint density at radius 2 is 0.865 bits per heavy atom. The third kappa shape index (κ3) is 4.33. The summed E-state index contributed by atoms with van der Waals surface area (Å²) in [4.78, 5) is 5.25. The highest BCUT2D eigenvalue weighted by Crippen LogP contribution is 2.62. The van der Waals surface area contributed by atoms with E-state index in [1.165, 1.54) is 91.6 Å². The average molecular weight is 698 g/mol. The van der Waals surface area contributed by atoms with E-state index in [0.29, 0.717) is 0 Å². The van der Waals surface area contributed by atoms with Crippen molar-refractivity contribution in [2.45, 2.75) is 25.0 Å². The van der Waals surface area contributed by atoms with Gasteiger partial charge in [-0.2, -0.15) is 0 Å². The van der Waals surface area contributed by atoms with Crippen molar-refractivity contribution in [2.75, 3.05) is 0 Å². The Balaban J connectivity index is 1.15. The molecule has 8 aromatic carbocycles. The first-order valence-corrected chi connectivity index (χ1v) is 19.4. The largest absolute Gasteiger partial charge is 0.309 e. The molecule has 0 saturated heterocycles. The zero-order valence-electron chi connectivity index (χ0n) is 28.2. The molecule has 244 valence electrons. The van der Waals surface area contributed by atoms with E-state index in [1.54, 1.807) is 0 Å². The standard InChI is InChI=1S/C49H31NS2/c1-3-13-32(14-4-1)34-25-28-47-42(30-34)49(39-18-8-11-21-45(39)51-46-22-12-9-19-40(46)49)41-26-23-35(31-48(41)52-47)33-24-27-44-38(29-33)37-17-7-10-20-43(37)50(44)36-15-5-2-6-16-36/h1-31H. The van der Waals surface area contributed by atoms with Gasteiger partial charge in [0.05, 0.1) is 16.4 Å². The predicted octanol–water partition coefficient (Wildman–Crippen LogP) is 13.4. The Kier molecular flexibility index (Phi) is 6.70. The molecule has 0 amide bonds. The normalized spacial score (nSPS) is 13.8. The summed E-state index contributed by atoms with van der Waals surface area (Å²) in [6.45, 7) is 0. The topological polar surface area (TPSA) is 4.93 Å². The van der Waals surface area contributed by atoms with Crippen LogP contribution in [0.15, 0.2) is 208 Å². The molecule has 11 rings (SSSR count). The molecule has 52 heavy (non-hydrogen) atoms. The van der Waals surface area contributed by atoms with Crippen LogP contribution in [0.5, 0.6) is 0 Å². The van der Waals surface area contributed by atoms with Crippen LogP contribution in [0, 0.1) is 0 Å². The van der Waals surface area contributed by atoms with E-state index in [1.807, 2.05) is 23.5 Å². The second-order valence-electron chi connectivity index (χ2n) is 13.7. The van der Waals surface area contributed by atoms with Gasteiger partial charge in [0.2, 0.25) is 0 Å². The van der Waals surface area contributed by atoms with Crippen LogP contribution in [0.4, 0.5) is 0 Å². The highest BCUT2D eigenvalue weighted by Gasteiger charge is 2.48. The highest BCUT2D eigenvalue weighted by molar-refractivity contribution is 8.00. The van der Waals surface area contributed by atoms with Crippen molar-refractivity contribution in [1.29, 1.82) is 0 Å². The Labute approximate surface area is 311 Å². The molecule has 0 bridgehead atoms. The maximum absolute atomic E-state index is 2.47. The van der Waals surface area contributed by atoms with Gasteiger partial charge in [-0.3, -0.25) is 0 Å². The second-order valence-corrected chi connectivity index (χ2v) is 15.8. The van der Waals surface area contributed by atoms with E-state index >= 15 is 0 Å². The van der Waals surface area contributed by atoms with Gasteiger partial charge in [-0.25, -0.2) is 0 Å². The number of hydrogen-bond donors (Lipinski definition) is 0. The average Bonchev–Trinajstić information content (AvgIpc) is 3.55. The molecule has 0 radical (unpaired) electrons. The summed E-state index contributed by atoms with van der Waals surface area (Å²) in [5.74, 6) is 0. The quantitative estimate of drug-likeness (QED) is 0.181. The molecule has 1 nitrogen and oxygen atoms in total. The number of benzene rings is 8. The summed E-state index contributed by atoms with van der Waals surface area (Å²) < 4.78 is 2.39. The Hall–Kier alpha value is -5.74. The molecule has 2 aliphatic heterocycles. The lowest BCUT2D eigenvalue weighted by Gasteiger charge is -2.45. The van der Waals surface area contributed by atoms with Gasteiger partial charge in [0.1, 0.15) is 0 Å². The molecule has 0 atom stereocenters. The molecule has 1 spiro atoms. The van der Waals surface area contributed by atoms with E-state index in [0.717, 1.165) is 0 Å². The van der Waals surface area contributed by atoms with Crippen molar-refractivity contribution < 1.29 is 0 Å². The molecular formula is C49H31NS2. The summed E-state index contributed by atoms with van der Waals surface area (Å²) >= 11 is 3.80. The van der Waals surface area contributed by atoms with E-state index < -0.39 is 5.41 Å². The molecule has 3 heterocycles. The van der Waals surface area contributed by atoms with Crippen molar-refractivity contribution in [3.63, 3.8) is 0 Å². The fourth-order valence-electron chi connectivity index (χ4n) is 8.66. The highest BCUT2D eigenvalue weighted by atomic mass is 32.2. The van der Waals surface area contributed by atoms with E-state index in [9.17, 15) is 0 Å². The van der Waals surface area contributed by atoms with Crippen LogP contribution >= 0.6 is 23.5 Å². The number of hydrogen-bond acceptors (Lipinski definition) is 2. The molecule has 0 unspecified atom stereocenters. The number of fused-ring (bicyclic) bond motifs is 11. The van der Waals surface area contributed by atoms with Crippen molar-refractivity contribution >= 4 is 45.3 Å². The van der Waals surface area contributed by atoms with Gasteiger partial charge in [0, 0.05) is 36.0 Å². The molecule has 3 heteroatoms. The Morgan fingerprint density at radius 3 is 1.65 bits per heavy atom. The monoisotopic (exact) mass is 697 g/mol. The number of rotatable bonds is 3. The van der Waals surface area contributed by atoms with Gasteiger partial charge in [-0.15, -0.1) is 0 Å². The first kappa shape index (κ1) is 29.9. The maximum atomic E-state index is 2.47. The van der Waals surface area contributed by atoms with Crippen LogP contribution in [0.25, 0.3) is 49.7 Å². The van der Waals surface area contributed by atoms with Crippen LogP contribution < -0.4 is 0 Å². The maximum Gasteiger partial charge on any atom is 0.0745 e. The van der Waals surface area contributed by atoms with Crippen LogP contribution in [0.2, 0.25) is 0 Å². The fraction of sp³-hybridized carbons (Fsp3) is 0.0204. The first-order chi connectivity index (χ1) is 25.8. The van der Waals surface area contributed by atoms with Gasteiger partial charge >= 0.3 is 0 Å². The van der Waals surface area contributed by atoms with E-state index in [2.05, 4.69) is 193 Å². The summed E-state index contributed by atoms with van der Waals surface area (Å²) in [5, 5.41) is 2.54. The lowest BCUT2D eigenvalue weighted by molar-refractivity contribution is 0.667. The van der Waals surface area contributed by atoms with Crippen LogP contribution in [-0.2, 0) is 5.41 Å². The van der Waals surface area contributed by atoms with E-state index in [4.69, 9.17) is 0 Å². The van der Waals surface area contributed by atoms with Gasteiger partial charge in [0.25, 0.3) is 0 Å². The summed E-state index contributed by atoms with van der Waals surface area (Å²) in [6, 6.07) is 69.7. The Morgan fingerprint density at radius 1 is 0.327 bits per heavy atom. The van der Waals surface area contributed by atoms with E-state index in [-0.39, 0.29) is 0 Å². The minimum atomic E-state index is -0.454. The Bertz CT molecular complexity index is 2810. The molecule has 0 fully saturated rings. The summed E-state index contributed by atoms with van der Waals surface area (Å²) in [6.07, 6.45) is 0. The zero-order chi connectivity index (χ0) is 34.2. The molecule has 9 aromatic rings. The van der Waals surface area contributed by atoms with Gasteiger partial charge in [-0.1, -0.05) is 151 Å². The van der Waals surface area contributed by atoms with Crippen LogP contribution in [-0.4, -0.2) is 4.57 Å². The summed E-state index contributed by atoms with van der Waals surface area (Å²) in [7, 11) is 0. The third-order valence-electron chi connectivity index (χ3n) is 10.9. The minimum absolute atomic E-state index is 0.454. The van der Waals surface area contributed by atoms with Crippen molar-refractivity contribution in [3.05, 3.63) is 210 Å². The molecule has 0 aliphatic carbocycles. The van der Waals surface area contributed by atoms with Crippen LogP contribution in [0.1, 0.15) is 22.3 Å².